The molecule has 42 heavy (non-hydrogen) atoms. The molecule has 5 heterocycles. The number of benzene rings is 1. The van der Waals surface area contributed by atoms with E-state index in [1.807, 2.05) is 26.2 Å². The highest BCUT2D eigenvalue weighted by atomic mass is 16.1. The standard InChI is InChI=1S/C35H44N6O/c1-25(2)41-23-29(35(42)33-12-11-30(19-34(33)41)38-15-5-6-16-38)22-40(21-28-13-14-36-27(4)18-28)32-8-7-17-39(24-32)31-10-9-26(3)37-20-31/h9-14,18-20,23,25,32H,5-8,15-17,21-22,24H2,1-4H3/t32-/m0/s1. The van der Waals surface area contributed by atoms with Crippen LogP contribution in [-0.2, 0) is 13.1 Å². The molecule has 0 bridgehead atoms. The lowest BCUT2D eigenvalue weighted by atomic mass is 10.0. The van der Waals surface area contributed by atoms with Crippen molar-refractivity contribution in [1.29, 1.82) is 0 Å². The summed E-state index contributed by atoms with van der Waals surface area (Å²) >= 11 is 0. The van der Waals surface area contributed by atoms with Crippen molar-refractivity contribution < 1.29 is 0 Å². The first kappa shape index (κ1) is 28.4. The summed E-state index contributed by atoms with van der Waals surface area (Å²) < 4.78 is 2.31. The number of fused-ring (bicyclic) bond motifs is 1. The fourth-order valence-corrected chi connectivity index (χ4v) is 6.71. The van der Waals surface area contributed by atoms with Crippen molar-refractivity contribution in [3.8, 4) is 0 Å². The van der Waals surface area contributed by atoms with Crippen LogP contribution in [0.4, 0.5) is 11.4 Å². The van der Waals surface area contributed by atoms with Crippen LogP contribution in [0.25, 0.3) is 10.9 Å². The minimum atomic E-state index is 0.154. The summed E-state index contributed by atoms with van der Waals surface area (Å²) in [5, 5.41) is 0.819. The van der Waals surface area contributed by atoms with Crippen molar-refractivity contribution in [3.05, 3.63) is 93.8 Å². The van der Waals surface area contributed by atoms with E-state index in [4.69, 9.17) is 0 Å². The van der Waals surface area contributed by atoms with Gasteiger partial charge in [0.1, 0.15) is 0 Å². The average molecular weight is 565 g/mol. The highest BCUT2D eigenvalue weighted by Crippen LogP contribution is 2.28. The Morgan fingerprint density at radius 3 is 2.40 bits per heavy atom. The number of nitrogens with zero attached hydrogens (tertiary/aromatic N) is 6. The smallest absolute Gasteiger partial charge is 0.193 e. The predicted octanol–water partition coefficient (Wildman–Crippen LogP) is 6.26. The number of aromatic nitrogens is 3. The summed E-state index contributed by atoms with van der Waals surface area (Å²) in [6, 6.07) is 15.6. The molecule has 2 aliphatic heterocycles. The lowest BCUT2D eigenvalue weighted by Crippen LogP contribution is -2.48. The van der Waals surface area contributed by atoms with Gasteiger partial charge in [-0.2, -0.15) is 0 Å². The minimum absolute atomic E-state index is 0.154. The molecule has 0 amide bonds. The van der Waals surface area contributed by atoms with Gasteiger partial charge in [0.05, 0.1) is 17.4 Å². The summed E-state index contributed by atoms with van der Waals surface area (Å²) in [6.07, 6.45) is 10.7. The fourth-order valence-electron chi connectivity index (χ4n) is 6.71. The van der Waals surface area contributed by atoms with E-state index in [2.05, 4.69) is 91.7 Å². The maximum Gasteiger partial charge on any atom is 0.193 e. The van der Waals surface area contributed by atoms with Crippen LogP contribution in [-0.4, -0.2) is 51.7 Å². The first-order valence-corrected chi connectivity index (χ1v) is 15.6. The van der Waals surface area contributed by atoms with Crippen molar-refractivity contribution in [2.45, 2.75) is 78.6 Å². The zero-order valence-electron chi connectivity index (χ0n) is 25.6. The Hall–Kier alpha value is -3.71. The molecular formula is C35H44N6O. The van der Waals surface area contributed by atoms with Crippen LogP contribution in [0.1, 0.15) is 68.1 Å². The van der Waals surface area contributed by atoms with Gasteiger partial charge in [0, 0.05) is 91.8 Å². The number of hydrogen-bond acceptors (Lipinski definition) is 6. The van der Waals surface area contributed by atoms with E-state index < -0.39 is 0 Å². The van der Waals surface area contributed by atoms with E-state index >= 15 is 0 Å². The third-order valence-corrected chi connectivity index (χ3v) is 9.01. The molecule has 4 aromatic rings. The zero-order valence-corrected chi connectivity index (χ0v) is 25.6. The first-order valence-electron chi connectivity index (χ1n) is 15.6. The van der Waals surface area contributed by atoms with Crippen LogP contribution in [0.2, 0.25) is 0 Å². The molecule has 3 aromatic heterocycles. The topological polar surface area (TPSA) is 57.5 Å². The minimum Gasteiger partial charge on any atom is -0.371 e. The van der Waals surface area contributed by atoms with Gasteiger partial charge < -0.3 is 14.4 Å². The molecule has 0 spiro atoms. The monoisotopic (exact) mass is 564 g/mol. The number of pyridine rings is 3. The number of anilines is 2. The van der Waals surface area contributed by atoms with E-state index in [1.165, 1.54) is 29.8 Å². The number of piperidine rings is 1. The number of aryl methyl sites for hydroxylation is 2. The van der Waals surface area contributed by atoms with E-state index in [-0.39, 0.29) is 11.5 Å². The molecule has 0 radical (unpaired) electrons. The van der Waals surface area contributed by atoms with Crippen LogP contribution in [0.5, 0.6) is 0 Å². The molecule has 220 valence electrons. The SMILES string of the molecule is Cc1ccc(N2CCC[C@H](N(Cc3ccnc(C)c3)Cc3cn(C(C)C)c4cc(N5CCCC5)ccc4c3=O)C2)cn1. The van der Waals surface area contributed by atoms with E-state index in [0.717, 1.165) is 73.4 Å². The lowest BCUT2D eigenvalue weighted by Gasteiger charge is -2.40. The van der Waals surface area contributed by atoms with Gasteiger partial charge in [-0.05, 0) is 101 Å². The molecule has 0 saturated carbocycles. The van der Waals surface area contributed by atoms with Gasteiger partial charge in [-0.3, -0.25) is 19.7 Å². The van der Waals surface area contributed by atoms with Crippen molar-refractivity contribution in [2.24, 2.45) is 0 Å². The van der Waals surface area contributed by atoms with Crippen molar-refractivity contribution in [2.75, 3.05) is 36.0 Å². The zero-order chi connectivity index (χ0) is 29.2. The molecule has 7 heteroatoms. The number of rotatable bonds is 8. The second-order valence-electron chi connectivity index (χ2n) is 12.5. The molecule has 0 N–H and O–H groups in total. The van der Waals surface area contributed by atoms with Crippen LogP contribution in [0, 0.1) is 13.8 Å². The Morgan fingerprint density at radius 2 is 1.67 bits per heavy atom. The molecule has 7 nitrogen and oxygen atoms in total. The lowest BCUT2D eigenvalue weighted by molar-refractivity contribution is 0.158. The molecule has 2 saturated heterocycles. The van der Waals surface area contributed by atoms with E-state index in [0.29, 0.717) is 12.6 Å². The molecule has 1 atom stereocenters. The van der Waals surface area contributed by atoms with Crippen LogP contribution >= 0.6 is 0 Å². The van der Waals surface area contributed by atoms with Crippen LogP contribution < -0.4 is 15.2 Å². The summed E-state index contributed by atoms with van der Waals surface area (Å²) in [5.74, 6) is 0. The van der Waals surface area contributed by atoms with Crippen LogP contribution in [0.3, 0.4) is 0 Å². The Balaban J connectivity index is 1.35. The average Bonchev–Trinajstić information content (AvgIpc) is 3.54. The summed E-state index contributed by atoms with van der Waals surface area (Å²) in [7, 11) is 0. The Morgan fingerprint density at radius 1 is 0.881 bits per heavy atom. The van der Waals surface area contributed by atoms with Gasteiger partial charge in [0.25, 0.3) is 0 Å². The van der Waals surface area contributed by atoms with Gasteiger partial charge in [0.2, 0.25) is 0 Å². The van der Waals surface area contributed by atoms with Crippen molar-refractivity contribution in [3.63, 3.8) is 0 Å². The third kappa shape index (κ3) is 6.07. The Labute approximate surface area is 249 Å². The normalized spacial score (nSPS) is 17.6. The first-order chi connectivity index (χ1) is 20.4. The van der Waals surface area contributed by atoms with Gasteiger partial charge in [-0.25, -0.2) is 0 Å². The van der Waals surface area contributed by atoms with E-state index in [9.17, 15) is 4.79 Å². The fraction of sp³-hybridized carbons (Fsp3) is 0.457. The Kier molecular flexibility index (Phi) is 8.29. The van der Waals surface area contributed by atoms with Crippen molar-refractivity contribution in [1.82, 2.24) is 19.4 Å². The quantitative estimate of drug-likeness (QED) is 0.252. The molecule has 6 rings (SSSR count). The van der Waals surface area contributed by atoms with Gasteiger partial charge in [0.15, 0.2) is 5.43 Å². The van der Waals surface area contributed by atoms with Gasteiger partial charge in [-0.15, -0.1) is 0 Å². The van der Waals surface area contributed by atoms with Crippen molar-refractivity contribution >= 4 is 22.3 Å². The van der Waals surface area contributed by atoms with Gasteiger partial charge in [-0.1, -0.05) is 0 Å². The molecule has 0 unspecified atom stereocenters. The third-order valence-electron chi connectivity index (χ3n) is 9.01. The molecule has 1 aromatic carbocycles. The summed E-state index contributed by atoms with van der Waals surface area (Å²) in [6.45, 7) is 14.0. The molecule has 2 aliphatic rings. The summed E-state index contributed by atoms with van der Waals surface area (Å²) in [4.78, 5) is 30.5. The predicted molar refractivity (Wildman–Crippen MR) is 172 cm³/mol. The highest BCUT2D eigenvalue weighted by molar-refractivity contribution is 5.83. The second kappa shape index (κ2) is 12.3. The Bertz CT molecular complexity index is 1590. The molecule has 2 fully saturated rings. The number of hydrogen-bond donors (Lipinski definition) is 0. The molecular weight excluding hydrogens is 520 g/mol. The molecule has 0 aliphatic carbocycles. The highest BCUT2D eigenvalue weighted by Gasteiger charge is 2.27. The van der Waals surface area contributed by atoms with Crippen LogP contribution in [0.15, 0.2) is 65.8 Å². The largest absolute Gasteiger partial charge is 0.371 e. The maximum atomic E-state index is 14.1. The maximum absolute atomic E-state index is 14.1. The summed E-state index contributed by atoms with van der Waals surface area (Å²) in [5.41, 5.74) is 7.74. The van der Waals surface area contributed by atoms with Gasteiger partial charge >= 0.3 is 0 Å². The second-order valence-corrected chi connectivity index (χ2v) is 12.5. The van der Waals surface area contributed by atoms with E-state index in [1.54, 1.807) is 0 Å².